The van der Waals surface area contributed by atoms with Crippen molar-refractivity contribution in [3.05, 3.63) is 64.1 Å². The van der Waals surface area contributed by atoms with E-state index >= 15 is 0 Å². The van der Waals surface area contributed by atoms with Gasteiger partial charge in [-0.1, -0.05) is 77.1 Å². The SMILES string of the molecule is CC(C)(C)c1ccc(C(=O)N[C@@H](Cc2ccc(-c3ncc(N4CCC(C5CCCCC5)CC4)cn3)cc2)C(=O)N2CC(C(=O)O)C2)s1. The van der Waals surface area contributed by atoms with E-state index in [2.05, 4.69) is 41.0 Å². The third kappa shape index (κ3) is 7.86. The number of hydrogen-bond donors (Lipinski definition) is 2. The molecule has 1 aliphatic carbocycles. The Kier molecular flexibility index (Phi) is 9.96. The average molecular weight is 658 g/mol. The standard InChI is InChI=1S/C37H47N5O4S/c1-37(2,3)32-14-13-31(47-32)34(43)40-30(35(44)42-22-28(23-42)36(45)46)19-24-9-11-27(12-10-24)33-38-20-29(21-39-33)41-17-15-26(16-18-41)25-7-5-4-6-8-25/h9-14,20-21,25-26,28,30H,4-8,15-19,22-23H2,1-3H3,(H,40,43)(H,45,46)/t30-/m0/s1. The number of piperidine rings is 1. The van der Waals surface area contributed by atoms with E-state index in [9.17, 15) is 19.5 Å². The monoisotopic (exact) mass is 657 g/mol. The number of thiophene rings is 1. The lowest BCUT2D eigenvalue weighted by molar-refractivity contribution is -0.153. The van der Waals surface area contributed by atoms with Crippen LogP contribution in [0.5, 0.6) is 0 Å². The first-order valence-corrected chi connectivity index (χ1v) is 18.0. The van der Waals surface area contributed by atoms with E-state index in [0.29, 0.717) is 10.7 Å². The number of carboxylic acid groups (broad SMARTS) is 1. The molecule has 2 aromatic heterocycles. The highest BCUT2D eigenvalue weighted by Crippen LogP contribution is 2.36. The minimum absolute atomic E-state index is 0.0843. The Morgan fingerprint density at radius 1 is 0.915 bits per heavy atom. The van der Waals surface area contributed by atoms with Crippen LogP contribution in [0, 0.1) is 17.8 Å². The molecule has 1 saturated carbocycles. The van der Waals surface area contributed by atoms with Crippen molar-refractivity contribution < 1.29 is 19.5 Å². The third-order valence-electron chi connectivity index (χ3n) is 10.2. The molecule has 2 amide bonds. The summed E-state index contributed by atoms with van der Waals surface area (Å²) in [5.74, 6) is 0.370. The number of aliphatic carboxylic acids is 1. The van der Waals surface area contributed by atoms with Crippen LogP contribution in [-0.2, 0) is 21.4 Å². The predicted octanol–water partition coefficient (Wildman–Crippen LogP) is 6.18. The molecule has 0 spiro atoms. The van der Waals surface area contributed by atoms with Crippen LogP contribution in [0.25, 0.3) is 11.4 Å². The Morgan fingerprint density at radius 3 is 2.15 bits per heavy atom. The highest BCUT2D eigenvalue weighted by atomic mass is 32.1. The largest absolute Gasteiger partial charge is 0.481 e. The lowest BCUT2D eigenvalue weighted by atomic mass is 9.76. The van der Waals surface area contributed by atoms with Crippen LogP contribution >= 0.6 is 11.3 Å². The van der Waals surface area contributed by atoms with Crippen LogP contribution in [0.3, 0.4) is 0 Å². The van der Waals surface area contributed by atoms with Gasteiger partial charge < -0.3 is 20.2 Å². The number of aromatic nitrogens is 2. The Hall–Kier alpha value is -3.79. The van der Waals surface area contributed by atoms with E-state index in [0.717, 1.165) is 46.6 Å². The molecular weight excluding hydrogens is 611 g/mol. The maximum Gasteiger partial charge on any atom is 0.310 e. The first-order chi connectivity index (χ1) is 22.5. The maximum absolute atomic E-state index is 13.5. The van der Waals surface area contributed by atoms with Gasteiger partial charge in [0.05, 0.1) is 28.9 Å². The number of benzene rings is 1. The average Bonchev–Trinajstić information content (AvgIpc) is 3.56. The van der Waals surface area contributed by atoms with Gasteiger partial charge in [-0.15, -0.1) is 11.3 Å². The lowest BCUT2D eigenvalue weighted by Gasteiger charge is -2.38. The highest BCUT2D eigenvalue weighted by Gasteiger charge is 2.39. The fourth-order valence-corrected chi connectivity index (χ4v) is 8.19. The number of likely N-dealkylation sites (tertiary alicyclic amines) is 1. The molecule has 10 heteroatoms. The molecule has 4 heterocycles. The molecule has 3 aliphatic rings. The third-order valence-corrected chi connectivity index (χ3v) is 11.7. The first-order valence-electron chi connectivity index (χ1n) is 17.1. The Morgan fingerprint density at radius 2 is 1.55 bits per heavy atom. The van der Waals surface area contributed by atoms with Crippen LogP contribution in [0.4, 0.5) is 5.69 Å². The molecule has 1 aromatic carbocycles. The molecule has 3 fully saturated rings. The summed E-state index contributed by atoms with van der Waals surface area (Å²) in [6, 6.07) is 10.7. The second-order valence-electron chi connectivity index (χ2n) is 14.6. The van der Waals surface area contributed by atoms with E-state index in [4.69, 9.17) is 0 Å². The first kappa shape index (κ1) is 33.1. The van der Waals surface area contributed by atoms with E-state index < -0.39 is 17.9 Å². The summed E-state index contributed by atoms with van der Waals surface area (Å²) in [5, 5.41) is 12.3. The number of anilines is 1. The summed E-state index contributed by atoms with van der Waals surface area (Å²) in [6.45, 7) is 8.72. The fraction of sp³-hybridized carbons (Fsp3) is 0.541. The Balaban J connectivity index is 1.09. The summed E-state index contributed by atoms with van der Waals surface area (Å²) in [4.78, 5) is 53.0. The quantitative estimate of drug-likeness (QED) is 0.282. The van der Waals surface area contributed by atoms with Gasteiger partial charge in [-0.05, 0) is 47.8 Å². The molecule has 6 rings (SSSR count). The zero-order chi connectivity index (χ0) is 33.1. The molecule has 2 N–H and O–H groups in total. The van der Waals surface area contributed by atoms with Crippen molar-refractivity contribution in [2.75, 3.05) is 31.1 Å². The molecule has 9 nitrogen and oxygen atoms in total. The number of amides is 2. The van der Waals surface area contributed by atoms with E-state index in [1.165, 1.54) is 61.2 Å². The Labute approximate surface area is 281 Å². The molecule has 0 bridgehead atoms. The van der Waals surface area contributed by atoms with Crippen molar-refractivity contribution in [2.45, 2.75) is 83.6 Å². The summed E-state index contributed by atoms with van der Waals surface area (Å²) < 4.78 is 0. The molecule has 2 saturated heterocycles. The van der Waals surface area contributed by atoms with Crippen molar-refractivity contribution >= 4 is 34.8 Å². The molecular formula is C37H47N5O4S. The summed E-state index contributed by atoms with van der Waals surface area (Å²) in [6.07, 6.45) is 13.7. The second kappa shape index (κ2) is 14.1. The zero-order valence-electron chi connectivity index (χ0n) is 27.8. The number of carboxylic acids is 1. The predicted molar refractivity (Wildman–Crippen MR) is 185 cm³/mol. The molecule has 0 radical (unpaired) electrons. The van der Waals surface area contributed by atoms with Gasteiger partial charge in [-0.25, -0.2) is 9.97 Å². The fourth-order valence-electron chi connectivity index (χ4n) is 7.22. The van der Waals surface area contributed by atoms with E-state index in [-0.39, 0.29) is 36.7 Å². The van der Waals surface area contributed by atoms with Crippen LogP contribution < -0.4 is 10.2 Å². The summed E-state index contributed by atoms with van der Waals surface area (Å²) in [7, 11) is 0. The van der Waals surface area contributed by atoms with Gasteiger partial charge in [-0.3, -0.25) is 14.4 Å². The van der Waals surface area contributed by atoms with Gasteiger partial charge in [0.15, 0.2) is 5.82 Å². The van der Waals surface area contributed by atoms with Crippen LogP contribution in [0.2, 0.25) is 0 Å². The molecule has 250 valence electrons. The normalized spacial score (nSPS) is 18.9. The highest BCUT2D eigenvalue weighted by molar-refractivity contribution is 7.14. The smallest absolute Gasteiger partial charge is 0.310 e. The number of carbonyl (C=O) groups excluding carboxylic acids is 2. The minimum Gasteiger partial charge on any atom is -0.481 e. The summed E-state index contributed by atoms with van der Waals surface area (Å²) in [5.41, 5.74) is 2.74. The van der Waals surface area contributed by atoms with Gasteiger partial charge in [0.25, 0.3) is 5.91 Å². The van der Waals surface area contributed by atoms with Crippen molar-refractivity contribution in [2.24, 2.45) is 17.8 Å². The number of nitrogens with zero attached hydrogens (tertiary/aromatic N) is 4. The lowest BCUT2D eigenvalue weighted by Crippen LogP contribution is -2.59. The molecule has 0 unspecified atom stereocenters. The number of carbonyl (C=O) groups is 3. The molecule has 2 aliphatic heterocycles. The number of rotatable bonds is 9. The number of hydrogen-bond acceptors (Lipinski definition) is 7. The van der Waals surface area contributed by atoms with Gasteiger partial charge in [0, 0.05) is 43.0 Å². The zero-order valence-corrected chi connectivity index (χ0v) is 28.6. The minimum atomic E-state index is -0.909. The number of nitrogens with one attached hydrogen (secondary N) is 1. The van der Waals surface area contributed by atoms with E-state index in [1.807, 2.05) is 42.7 Å². The van der Waals surface area contributed by atoms with Crippen molar-refractivity contribution in [1.29, 1.82) is 0 Å². The van der Waals surface area contributed by atoms with E-state index in [1.54, 1.807) is 6.07 Å². The van der Waals surface area contributed by atoms with Crippen molar-refractivity contribution in [3.63, 3.8) is 0 Å². The molecule has 3 aromatic rings. The van der Waals surface area contributed by atoms with Gasteiger partial charge >= 0.3 is 5.97 Å². The van der Waals surface area contributed by atoms with Crippen LogP contribution in [-0.4, -0.2) is 70.0 Å². The van der Waals surface area contributed by atoms with Crippen molar-refractivity contribution in [3.8, 4) is 11.4 Å². The maximum atomic E-state index is 13.5. The van der Waals surface area contributed by atoms with Gasteiger partial charge in [0.2, 0.25) is 5.91 Å². The van der Waals surface area contributed by atoms with Gasteiger partial charge in [0.1, 0.15) is 6.04 Å². The van der Waals surface area contributed by atoms with Crippen molar-refractivity contribution in [1.82, 2.24) is 20.2 Å². The second-order valence-corrected chi connectivity index (χ2v) is 15.7. The topological polar surface area (TPSA) is 116 Å². The molecule has 47 heavy (non-hydrogen) atoms. The Bertz CT molecular complexity index is 1540. The van der Waals surface area contributed by atoms with Gasteiger partial charge in [-0.2, -0.15) is 0 Å². The summed E-state index contributed by atoms with van der Waals surface area (Å²) >= 11 is 1.42. The van der Waals surface area contributed by atoms with Crippen LogP contribution in [0.1, 0.15) is 85.8 Å². The molecule has 1 atom stereocenters. The van der Waals surface area contributed by atoms with Crippen LogP contribution in [0.15, 0.2) is 48.8 Å².